The maximum absolute atomic E-state index is 14.6. The van der Waals surface area contributed by atoms with Crippen molar-refractivity contribution in [3.05, 3.63) is 222 Å². The van der Waals surface area contributed by atoms with Crippen LogP contribution in [0.2, 0.25) is 5.02 Å². The SMILES string of the molecule is CCCCc1oc2cc(Cl)ccc2c1C(=O)c1cc(I)c(OCCN(CC)CC)c(I)c1.CCCCc1oc2cc([S+]3c4cc(F)c(F)cc4Sc4cc(F)c(F)cc43)ccc2c1C(=O)c1cc(I)c(OCCN(CC)CC)c(I)c1.CCCCc1oc2ccccc2c1C(=O)c1cc(I)c(OCCN(CC)CC)c(I)c1.O=C(O)C(F)(F)F. The van der Waals surface area contributed by atoms with Crippen molar-refractivity contribution >= 4 is 226 Å². The van der Waals surface area contributed by atoms with E-state index in [9.17, 15) is 45.1 Å². The fourth-order valence-corrected chi connectivity index (χ4v) is 23.3. The van der Waals surface area contributed by atoms with Gasteiger partial charge in [0.15, 0.2) is 55.3 Å². The van der Waals surface area contributed by atoms with Crippen LogP contribution in [0.25, 0.3) is 32.9 Å². The van der Waals surface area contributed by atoms with Gasteiger partial charge in [-0.15, -0.1) is 0 Å². The number of alkyl halides is 3. The first-order chi connectivity index (χ1) is 56.9. The molecule has 1 aliphatic heterocycles. The van der Waals surface area contributed by atoms with Gasteiger partial charge in [-0.05, 0) is 273 Å². The van der Waals surface area contributed by atoms with E-state index < -0.39 is 46.3 Å². The van der Waals surface area contributed by atoms with Crippen molar-refractivity contribution in [1.82, 2.24) is 14.7 Å². The molecule has 0 radical (unpaired) electrons. The number of likely N-dealkylation sites (N-methyl/N-ethyl adjacent to an activating group) is 3. The molecule has 30 heteroatoms. The summed E-state index contributed by atoms with van der Waals surface area (Å²) in [6, 6.07) is 34.4. The third-order valence-electron chi connectivity index (χ3n) is 19.6. The number of hydrogen-bond acceptors (Lipinski definition) is 14. The monoisotopic (exact) mass is 2370 g/mol. The molecule has 0 bridgehead atoms. The highest BCUT2D eigenvalue weighted by molar-refractivity contribution is 14.1. The average molecular weight is 2370 g/mol. The number of carboxylic acids is 1. The van der Waals surface area contributed by atoms with E-state index in [2.05, 4.69) is 213 Å². The summed E-state index contributed by atoms with van der Waals surface area (Å²) in [7, 11) is -1.11. The fraction of sp³-hybridized carbons (Fsp3) is 0.348. The molecule has 0 spiro atoms. The van der Waals surface area contributed by atoms with Crippen LogP contribution in [0.3, 0.4) is 0 Å². The number of carbonyl (C=O) groups excluding carboxylic acids is 3. The normalized spacial score (nSPS) is 12.0. The molecule has 0 unspecified atom stereocenters. The van der Waals surface area contributed by atoms with Crippen molar-refractivity contribution in [2.45, 2.75) is 151 Å². The number of nitrogens with zero attached hydrogens (tertiary/aromatic N) is 3. The first-order valence-corrected chi connectivity index (χ1v) is 47.9. The quantitative estimate of drug-likeness (QED) is 0.0175. The Morgan fingerprint density at radius 1 is 0.437 bits per heavy atom. The molecule has 119 heavy (non-hydrogen) atoms. The van der Waals surface area contributed by atoms with E-state index in [4.69, 9.17) is 49.0 Å². The highest BCUT2D eigenvalue weighted by Crippen LogP contribution is 2.51. The smallest absolute Gasteiger partial charge is 0.490 e. The van der Waals surface area contributed by atoms with E-state index in [-0.39, 0.29) is 17.3 Å². The summed E-state index contributed by atoms with van der Waals surface area (Å²) in [5.41, 5.74) is 5.54. The van der Waals surface area contributed by atoms with Crippen LogP contribution in [-0.4, -0.2) is 128 Å². The van der Waals surface area contributed by atoms with E-state index in [1.165, 1.54) is 0 Å². The first kappa shape index (κ1) is 97.8. The zero-order valence-corrected chi connectivity index (χ0v) is 82.2. The number of aryl methyl sites for hydroxylation is 3. The minimum Gasteiger partial charge on any atom is -0.490 e. The van der Waals surface area contributed by atoms with Gasteiger partial charge in [0, 0.05) is 101 Å². The Bertz CT molecular complexity index is 5300. The summed E-state index contributed by atoms with van der Waals surface area (Å²) in [5, 5.41) is 10.1. The average Bonchev–Trinajstić information content (AvgIpc) is 1.58. The molecular formula is C89H90ClF7I6N3O11S2+. The summed E-state index contributed by atoms with van der Waals surface area (Å²) >= 11 is 20.7. The molecule has 1 aliphatic rings. The molecule has 0 atom stereocenters. The van der Waals surface area contributed by atoms with E-state index in [0.29, 0.717) is 111 Å². The van der Waals surface area contributed by atoms with Gasteiger partial charge >= 0.3 is 12.1 Å². The van der Waals surface area contributed by atoms with Gasteiger partial charge in [0.2, 0.25) is 0 Å². The van der Waals surface area contributed by atoms with Crippen molar-refractivity contribution in [3.8, 4) is 17.2 Å². The lowest BCUT2D eigenvalue weighted by Gasteiger charge is -2.19. The number of furan rings is 3. The summed E-state index contributed by atoms with van der Waals surface area (Å²) in [6.45, 7) is 29.5. The molecule has 12 rings (SSSR count). The second-order valence-corrected chi connectivity index (χ2v) is 37.8. The van der Waals surface area contributed by atoms with Crippen LogP contribution in [0.4, 0.5) is 30.7 Å². The maximum Gasteiger partial charge on any atom is 0.490 e. The van der Waals surface area contributed by atoms with Crippen LogP contribution in [-0.2, 0) is 35.0 Å². The van der Waals surface area contributed by atoms with Crippen LogP contribution in [0.1, 0.15) is 166 Å². The zero-order valence-electron chi connectivity index (χ0n) is 66.9. The fourth-order valence-electron chi connectivity index (χ4n) is 13.1. The lowest BCUT2D eigenvalue weighted by atomic mass is 9.98. The summed E-state index contributed by atoms with van der Waals surface area (Å²) in [4.78, 5) is 59.7. The zero-order chi connectivity index (χ0) is 86.7. The predicted octanol–water partition coefficient (Wildman–Crippen LogP) is 26.2. The Morgan fingerprint density at radius 2 is 0.748 bits per heavy atom. The Kier molecular flexibility index (Phi) is 38.1. The molecule has 8 aromatic carbocycles. The van der Waals surface area contributed by atoms with Crippen LogP contribution >= 0.6 is 159 Å². The van der Waals surface area contributed by atoms with Crippen molar-refractivity contribution in [2.75, 3.05) is 78.7 Å². The van der Waals surface area contributed by atoms with Crippen molar-refractivity contribution in [3.63, 3.8) is 0 Å². The first-order valence-electron chi connectivity index (χ1n) is 39.0. The minimum atomic E-state index is -5.08. The predicted molar refractivity (Wildman–Crippen MR) is 508 cm³/mol. The van der Waals surface area contributed by atoms with Crippen molar-refractivity contribution < 1.29 is 82.5 Å². The van der Waals surface area contributed by atoms with Gasteiger partial charge in [-0.25, -0.2) is 22.4 Å². The highest BCUT2D eigenvalue weighted by Gasteiger charge is 2.42. The Hall–Kier alpha value is -4.98. The minimum absolute atomic E-state index is 0.0153. The van der Waals surface area contributed by atoms with Gasteiger partial charge in [-0.1, -0.05) is 123 Å². The molecule has 1 N–H and O–H groups in total. The Morgan fingerprint density at radius 3 is 1.08 bits per heavy atom. The third-order valence-corrected chi connectivity index (χ3v) is 28.3. The molecule has 0 amide bonds. The van der Waals surface area contributed by atoms with Gasteiger partial charge in [-0.3, -0.25) is 14.4 Å². The highest BCUT2D eigenvalue weighted by atomic mass is 127. The van der Waals surface area contributed by atoms with Crippen LogP contribution in [0, 0.1) is 44.7 Å². The van der Waals surface area contributed by atoms with Crippen LogP contribution in [0.15, 0.2) is 159 Å². The van der Waals surface area contributed by atoms with Crippen LogP contribution in [0.5, 0.6) is 17.2 Å². The summed E-state index contributed by atoms with van der Waals surface area (Å²) in [5.74, 6) is -2.51. The van der Waals surface area contributed by atoms with Crippen LogP contribution < -0.4 is 14.2 Å². The van der Waals surface area contributed by atoms with E-state index >= 15 is 0 Å². The lowest BCUT2D eigenvalue weighted by Crippen LogP contribution is -2.28. The van der Waals surface area contributed by atoms with E-state index in [0.717, 1.165) is 213 Å². The van der Waals surface area contributed by atoms with Gasteiger partial charge in [-0.2, -0.15) is 13.2 Å². The number of para-hydroxylation sites is 1. The topological polar surface area (TPSA) is 165 Å². The second kappa shape index (κ2) is 46.3. The molecular weight excluding hydrogens is 2280 g/mol. The largest absolute Gasteiger partial charge is 0.490 e. The van der Waals surface area contributed by atoms with E-state index in [1.807, 2.05) is 66.7 Å². The van der Waals surface area contributed by atoms with Gasteiger partial charge in [0.25, 0.3) is 0 Å². The number of benzene rings is 8. The van der Waals surface area contributed by atoms with Gasteiger partial charge < -0.3 is 47.3 Å². The molecule has 0 saturated heterocycles. The number of halogens is 14. The molecule has 636 valence electrons. The number of aliphatic carboxylic acids is 1. The van der Waals surface area contributed by atoms with Gasteiger partial charge in [0.1, 0.15) is 82.0 Å². The number of ether oxygens (including phenoxy) is 3. The number of ketones is 3. The number of rotatable bonds is 34. The molecule has 0 saturated carbocycles. The van der Waals surface area contributed by atoms with Crippen molar-refractivity contribution in [1.29, 1.82) is 0 Å². The number of carboxylic acid groups (broad SMARTS) is 1. The van der Waals surface area contributed by atoms with Gasteiger partial charge in [0.05, 0.1) is 47.9 Å². The lowest BCUT2D eigenvalue weighted by molar-refractivity contribution is -0.192. The molecule has 0 aliphatic carbocycles. The van der Waals surface area contributed by atoms with Crippen molar-refractivity contribution in [2.24, 2.45) is 0 Å². The molecule has 3 aromatic heterocycles. The molecule has 0 fully saturated rings. The number of unbranched alkanes of at least 4 members (excludes halogenated alkanes) is 3. The maximum atomic E-state index is 14.6. The van der Waals surface area contributed by atoms with E-state index in [1.54, 1.807) is 30.3 Å². The standard InChI is InChI=1S/C37H32F4I2NO3S2.C25H28ClI2NO3.C25H29I2NO3.C2HF3O2/c1-4-7-8-29-35(36(45)20-13-27(42)37(28(43)14-20)46-12-11-44(5-2)6-3)22-10-9-21(15-30(22)47-29)49-33-18-25(40)23(38)16-31(33)48-32-17-24(39)26(41)19-34(32)49;1-4-7-8-21-23(18-10-9-17(26)15-22(18)32-21)24(30)16-13-19(27)25(20(28)14-16)31-12-11-29(5-2)6-3;1-4-7-11-22-23(18-10-8-9-12-21(18)31-22)24(29)17-15-19(26)25(20(27)16-17)30-14-13-28(5-2)6-3;3-2(4,5)1(6)7/h9-10,13-19H,4-8,11-12H2,1-3H3;9-10,13-15H,4-8,11-12H2,1-3H3;8-10,12,15-16H,4-7,11,13-14H2,1-3H3;(H,6,7)/q+1;;;. The molecule has 4 heterocycles. The number of carbonyl (C=O) groups is 4. The Labute approximate surface area is 782 Å². The number of hydrogen-bond donors (Lipinski definition) is 1. The Balaban J connectivity index is 0.000000202. The summed E-state index contributed by atoms with van der Waals surface area (Å²) < 4.78 is 132. The molecule has 11 aromatic rings. The third kappa shape index (κ3) is 25.0. The second-order valence-electron chi connectivity index (χ2n) is 27.4. The summed E-state index contributed by atoms with van der Waals surface area (Å²) in [6.07, 6.45) is 2.70. The molecule has 14 nitrogen and oxygen atoms in total. The number of fused-ring (bicyclic) bond motifs is 5.